The average molecular weight is 356 g/mol. The van der Waals surface area contributed by atoms with E-state index in [1.54, 1.807) is 0 Å². The summed E-state index contributed by atoms with van der Waals surface area (Å²) in [5.41, 5.74) is 5.75. The Balaban J connectivity index is 0.00000220. The summed E-state index contributed by atoms with van der Waals surface area (Å²) >= 11 is 0. The lowest BCUT2D eigenvalue weighted by molar-refractivity contribution is -0.136. The van der Waals surface area contributed by atoms with Crippen LogP contribution in [0.3, 0.4) is 0 Å². The van der Waals surface area contributed by atoms with Crippen molar-refractivity contribution in [3.8, 4) is 0 Å². The van der Waals surface area contributed by atoms with Crippen molar-refractivity contribution in [2.24, 2.45) is 5.73 Å². The molecular weight excluding hydrogens is 325 g/mol. The van der Waals surface area contributed by atoms with Crippen molar-refractivity contribution >= 4 is 30.7 Å². The number of amides is 1. The van der Waals surface area contributed by atoms with Crippen molar-refractivity contribution in [2.75, 3.05) is 39.9 Å². The number of nitrogens with two attached hydrogens (primary N) is 1. The summed E-state index contributed by atoms with van der Waals surface area (Å²) in [6.07, 6.45) is 5.39. The van der Waals surface area contributed by atoms with Crippen LogP contribution in [0, 0.1) is 0 Å². The molecule has 132 valence electrons. The zero-order valence-corrected chi connectivity index (χ0v) is 15.4. The van der Waals surface area contributed by atoms with Gasteiger partial charge in [0.25, 0.3) is 0 Å². The largest absolute Gasteiger partial charge is 0.379 e. The van der Waals surface area contributed by atoms with Crippen LogP contribution in [0.2, 0.25) is 0 Å². The van der Waals surface area contributed by atoms with Gasteiger partial charge >= 0.3 is 0 Å². The maximum absolute atomic E-state index is 12.6. The summed E-state index contributed by atoms with van der Waals surface area (Å²) < 4.78 is 5.46. The number of halogens is 2. The van der Waals surface area contributed by atoms with E-state index in [9.17, 15) is 4.79 Å². The van der Waals surface area contributed by atoms with Crippen LogP contribution < -0.4 is 5.73 Å². The van der Waals surface area contributed by atoms with E-state index in [2.05, 4.69) is 4.90 Å². The molecule has 0 aromatic carbocycles. The summed E-state index contributed by atoms with van der Waals surface area (Å²) in [6.45, 7) is 6.05. The number of carbonyl (C=O) groups excluding carboxylic acids is 1. The van der Waals surface area contributed by atoms with E-state index in [1.807, 2.05) is 18.9 Å². The Kier molecular flexibility index (Phi) is 9.90. The summed E-state index contributed by atoms with van der Waals surface area (Å²) in [4.78, 5) is 16.9. The van der Waals surface area contributed by atoms with Gasteiger partial charge in [0.15, 0.2) is 0 Å². The molecule has 7 heteroatoms. The van der Waals surface area contributed by atoms with Gasteiger partial charge in [0.05, 0.1) is 13.2 Å². The second-order valence-electron chi connectivity index (χ2n) is 6.30. The molecule has 22 heavy (non-hydrogen) atoms. The van der Waals surface area contributed by atoms with E-state index in [0.29, 0.717) is 13.0 Å². The van der Waals surface area contributed by atoms with Gasteiger partial charge < -0.3 is 15.4 Å². The molecule has 2 N–H and O–H groups in total. The molecule has 1 atom stereocenters. The molecular formula is C15H31Cl2N3O2. The minimum absolute atomic E-state index is 0. The third-order valence-corrected chi connectivity index (χ3v) is 5.09. The first-order valence-corrected chi connectivity index (χ1v) is 7.87. The lowest BCUT2D eigenvalue weighted by Crippen LogP contribution is -2.54. The predicted octanol–water partition coefficient (Wildman–Crippen LogP) is 1.67. The van der Waals surface area contributed by atoms with Crippen LogP contribution in [0.15, 0.2) is 0 Å². The van der Waals surface area contributed by atoms with E-state index in [-0.39, 0.29) is 42.3 Å². The Bertz CT molecular complexity index is 333. The highest BCUT2D eigenvalue weighted by Crippen LogP contribution is 2.39. The Morgan fingerprint density at radius 1 is 1.27 bits per heavy atom. The smallest absolute Gasteiger partial charge is 0.224 e. The van der Waals surface area contributed by atoms with Gasteiger partial charge in [-0.15, -0.1) is 24.8 Å². The van der Waals surface area contributed by atoms with Gasteiger partial charge in [0.1, 0.15) is 0 Å². The molecule has 2 aliphatic rings. The molecule has 0 aromatic heterocycles. The molecule has 0 radical (unpaired) electrons. The molecule has 1 amide bonds. The number of hydrogen-bond donors (Lipinski definition) is 1. The van der Waals surface area contributed by atoms with Crippen LogP contribution in [-0.4, -0.2) is 67.2 Å². The van der Waals surface area contributed by atoms with Gasteiger partial charge in [-0.2, -0.15) is 0 Å². The van der Waals surface area contributed by atoms with E-state index in [1.165, 1.54) is 12.8 Å². The number of carbonyl (C=O) groups is 1. The van der Waals surface area contributed by atoms with Gasteiger partial charge in [-0.05, 0) is 19.8 Å². The fourth-order valence-electron chi connectivity index (χ4n) is 3.49. The minimum atomic E-state index is 0. The van der Waals surface area contributed by atoms with E-state index in [4.69, 9.17) is 10.5 Å². The number of hydrogen-bond acceptors (Lipinski definition) is 4. The third kappa shape index (κ3) is 4.96. The van der Waals surface area contributed by atoms with Gasteiger partial charge in [-0.1, -0.05) is 12.8 Å². The lowest BCUT2D eigenvalue weighted by atomic mass is 9.89. The molecule has 1 saturated carbocycles. The first-order chi connectivity index (χ1) is 9.59. The molecule has 0 bridgehead atoms. The summed E-state index contributed by atoms with van der Waals surface area (Å²) in [7, 11) is 1.88. The average Bonchev–Trinajstić information content (AvgIpc) is 2.96. The molecule has 2 rings (SSSR count). The predicted molar refractivity (Wildman–Crippen MR) is 94.0 cm³/mol. The van der Waals surface area contributed by atoms with Gasteiger partial charge in [-0.3, -0.25) is 9.69 Å². The van der Waals surface area contributed by atoms with Crippen molar-refractivity contribution in [3.63, 3.8) is 0 Å². The fourth-order valence-corrected chi connectivity index (χ4v) is 3.49. The fraction of sp³-hybridized carbons (Fsp3) is 0.933. The topological polar surface area (TPSA) is 58.8 Å². The second kappa shape index (κ2) is 9.93. The highest BCUT2D eigenvalue weighted by molar-refractivity contribution is 5.85. The molecule has 1 aliphatic heterocycles. The number of ether oxygens (including phenoxy) is 1. The second-order valence-corrected chi connectivity index (χ2v) is 6.30. The maximum Gasteiger partial charge on any atom is 0.224 e. The number of morpholine rings is 1. The molecule has 1 saturated heterocycles. The first-order valence-electron chi connectivity index (χ1n) is 7.87. The molecule has 0 spiro atoms. The van der Waals surface area contributed by atoms with Gasteiger partial charge in [0, 0.05) is 44.7 Å². The number of rotatable bonds is 5. The van der Waals surface area contributed by atoms with Crippen molar-refractivity contribution in [2.45, 2.75) is 50.6 Å². The molecule has 1 heterocycles. The van der Waals surface area contributed by atoms with Crippen LogP contribution in [-0.2, 0) is 9.53 Å². The monoisotopic (exact) mass is 355 g/mol. The van der Waals surface area contributed by atoms with Crippen LogP contribution in [0.4, 0.5) is 0 Å². The summed E-state index contributed by atoms with van der Waals surface area (Å²) in [5.74, 6) is 0.233. The third-order valence-electron chi connectivity index (χ3n) is 5.09. The minimum Gasteiger partial charge on any atom is -0.379 e. The van der Waals surface area contributed by atoms with E-state index < -0.39 is 0 Å². The van der Waals surface area contributed by atoms with Crippen molar-refractivity contribution in [1.82, 2.24) is 9.80 Å². The van der Waals surface area contributed by atoms with Crippen LogP contribution in [0.1, 0.15) is 39.0 Å². The molecule has 0 aromatic rings. The van der Waals surface area contributed by atoms with Crippen LogP contribution in [0.5, 0.6) is 0 Å². The summed E-state index contributed by atoms with van der Waals surface area (Å²) in [6, 6.07) is 0.116. The molecule has 1 unspecified atom stereocenters. The first kappa shape index (κ1) is 21.9. The standard InChI is InChI=1S/C15H29N3O2.2ClH/c1-13(12-16)17(2)14(19)11-15(5-3-4-6-15)18-7-9-20-10-8-18;;/h13H,3-12,16H2,1-2H3;2*1H. The Labute approximate surface area is 146 Å². The number of likely N-dealkylation sites (N-methyl/N-ethyl adjacent to an activating group) is 1. The van der Waals surface area contributed by atoms with E-state index in [0.717, 1.165) is 39.1 Å². The Morgan fingerprint density at radius 3 is 2.32 bits per heavy atom. The number of nitrogens with zero attached hydrogens (tertiary/aromatic N) is 2. The molecule has 1 aliphatic carbocycles. The lowest BCUT2D eigenvalue weighted by Gasteiger charge is -2.44. The Hall–Kier alpha value is -0.0700. The highest BCUT2D eigenvalue weighted by Gasteiger charge is 2.42. The van der Waals surface area contributed by atoms with Crippen molar-refractivity contribution < 1.29 is 9.53 Å². The SMILES string of the molecule is CC(CN)N(C)C(=O)CC1(N2CCOCC2)CCCC1.Cl.Cl. The zero-order valence-electron chi connectivity index (χ0n) is 13.8. The normalized spacial score (nSPS) is 22.3. The quantitative estimate of drug-likeness (QED) is 0.814. The zero-order chi connectivity index (χ0) is 14.6. The highest BCUT2D eigenvalue weighted by atomic mass is 35.5. The molecule has 5 nitrogen and oxygen atoms in total. The van der Waals surface area contributed by atoms with Crippen molar-refractivity contribution in [3.05, 3.63) is 0 Å². The van der Waals surface area contributed by atoms with Gasteiger partial charge in [-0.25, -0.2) is 0 Å². The molecule has 2 fully saturated rings. The Morgan fingerprint density at radius 2 is 1.82 bits per heavy atom. The van der Waals surface area contributed by atoms with Crippen molar-refractivity contribution in [1.29, 1.82) is 0 Å². The van der Waals surface area contributed by atoms with Crippen LogP contribution >= 0.6 is 24.8 Å². The van der Waals surface area contributed by atoms with Crippen LogP contribution in [0.25, 0.3) is 0 Å². The van der Waals surface area contributed by atoms with Gasteiger partial charge in [0.2, 0.25) is 5.91 Å². The maximum atomic E-state index is 12.6. The summed E-state index contributed by atoms with van der Waals surface area (Å²) in [5, 5.41) is 0. The van der Waals surface area contributed by atoms with E-state index >= 15 is 0 Å².